The van der Waals surface area contributed by atoms with Crippen LogP contribution in [0.15, 0.2) is 42.7 Å². The van der Waals surface area contributed by atoms with Gasteiger partial charge in [-0.1, -0.05) is 12.1 Å². The molecule has 31 heavy (non-hydrogen) atoms. The van der Waals surface area contributed by atoms with Gasteiger partial charge in [-0.3, -0.25) is 9.48 Å². The Bertz CT molecular complexity index is 1090. The molecular weight excluding hydrogens is 434 g/mol. The molecule has 0 fully saturated rings. The molecule has 10 heteroatoms. The van der Waals surface area contributed by atoms with Gasteiger partial charge < -0.3 is 20.3 Å². The number of thiophene rings is 1. The van der Waals surface area contributed by atoms with Gasteiger partial charge in [-0.15, -0.1) is 11.3 Å². The number of rotatable bonds is 6. The van der Waals surface area contributed by atoms with Crippen LogP contribution in [-0.4, -0.2) is 52.9 Å². The van der Waals surface area contributed by atoms with Crippen LogP contribution in [0.2, 0.25) is 0 Å². The summed E-state index contributed by atoms with van der Waals surface area (Å²) in [5, 5.41) is 11.1. The fourth-order valence-electron chi connectivity index (χ4n) is 2.90. The number of ether oxygens (including phenoxy) is 1. The monoisotopic (exact) mass is 457 g/mol. The molecule has 1 aromatic carbocycles. The zero-order valence-corrected chi connectivity index (χ0v) is 19.3. The summed E-state index contributed by atoms with van der Waals surface area (Å²) in [6, 6.07) is 9.67. The number of hydrogen-bond acceptors (Lipinski definition) is 6. The van der Waals surface area contributed by atoms with Gasteiger partial charge in [0.15, 0.2) is 5.11 Å². The zero-order valence-electron chi connectivity index (χ0n) is 17.6. The van der Waals surface area contributed by atoms with Crippen LogP contribution in [0.25, 0.3) is 0 Å². The van der Waals surface area contributed by atoms with Gasteiger partial charge >= 0.3 is 5.97 Å². The smallest absolute Gasteiger partial charge is 0.341 e. The maximum atomic E-state index is 12.5. The van der Waals surface area contributed by atoms with Gasteiger partial charge in [0.25, 0.3) is 5.91 Å². The van der Waals surface area contributed by atoms with Crippen molar-refractivity contribution >= 4 is 51.2 Å². The molecule has 0 aliphatic rings. The topological polar surface area (TPSA) is 88.5 Å². The number of amides is 1. The number of anilines is 2. The first-order valence-corrected chi connectivity index (χ1v) is 10.6. The summed E-state index contributed by atoms with van der Waals surface area (Å²) in [5.74, 6) is -0.716. The van der Waals surface area contributed by atoms with E-state index in [1.165, 1.54) is 23.3 Å². The molecule has 162 valence electrons. The summed E-state index contributed by atoms with van der Waals surface area (Å²) in [5.41, 5.74) is 2.75. The summed E-state index contributed by atoms with van der Waals surface area (Å²) in [6.45, 7) is 2.40. The number of thiocarbonyl (C=S) groups is 1. The van der Waals surface area contributed by atoms with Crippen molar-refractivity contribution in [3.8, 4) is 0 Å². The first-order valence-electron chi connectivity index (χ1n) is 9.38. The maximum Gasteiger partial charge on any atom is 0.341 e. The molecule has 0 spiro atoms. The molecule has 2 aromatic heterocycles. The number of methoxy groups -OCH3 is 1. The Balaban J connectivity index is 1.74. The van der Waals surface area contributed by atoms with Crippen molar-refractivity contribution in [1.82, 2.24) is 14.7 Å². The summed E-state index contributed by atoms with van der Waals surface area (Å²) >= 11 is 6.59. The van der Waals surface area contributed by atoms with Crippen molar-refractivity contribution in [2.45, 2.75) is 13.5 Å². The molecule has 1 amide bonds. The fourth-order valence-corrected chi connectivity index (χ4v) is 4.40. The average molecular weight is 458 g/mol. The molecule has 3 rings (SSSR count). The number of nitrogens with zero attached hydrogens (tertiary/aromatic N) is 3. The van der Waals surface area contributed by atoms with Gasteiger partial charge in [0.05, 0.1) is 24.1 Å². The Morgan fingerprint density at radius 3 is 2.52 bits per heavy atom. The van der Waals surface area contributed by atoms with Gasteiger partial charge in [0, 0.05) is 32.2 Å². The summed E-state index contributed by atoms with van der Waals surface area (Å²) < 4.78 is 6.74. The highest BCUT2D eigenvalue weighted by atomic mass is 32.1. The van der Waals surface area contributed by atoms with Crippen molar-refractivity contribution in [3.05, 3.63) is 64.3 Å². The number of nitrogens with one attached hydrogen (secondary N) is 2. The largest absolute Gasteiger partial charge is 0.465 e. The summed E-state index contributed by atoms with van der Waals surface area (Å²) in [7, 11) is 4.63. The second-order valence-corrected chi connectivity index (χ2v) is 8.36. The number of esters is 1. The molecule has 8 nitrogen and oxygen atoms in total. The molecule has 3 aromatic rings. The second kappa shape index (κ2) is 9.71. The van der Waals surface area contributed by atoms with Gasteiger partial charge in [0.1, 0.15) is 5.00 Å². The van der Waals surface area contributed by atoms with Crippen molar-refractivity contribution in [2.75, 3.05) is 31.8 Å². The molecule has 2 heterocycles. The normalized spacial score (nSPS) is 10.5. The number of hydrogen-bond donors (Lipinski definition) is 2. The number of carbonyl (C=O) groups is 2. The van der Waals surface area contributed by atoms with E-state index in [-0.39, 0.29) is 5.91 Å². The molecule has 0 radical (unpaired) electrons. The predicted molar refractivity (Wildman–Crippen MR) is 126 cm³/mol. The third kappa shape index (κ3) is 5.28. The van der Waals surface area contributed by atoms with Crippen LogP contribution in [0.3, 0.4) is 0 Å². The molecule has 2 N–H and O–H groups in total. The number of benzene rings is 1. The standard InChI is InChI=1S/C21H23N5O3S2/c1-13-16(20(28)29-4)18(31-17(13)19(27)25(2)3)24-21(30)23-15-8-6-14(7-9-15)12-26-11-5-10-22-26/h5-11H,12H2,1-4H3,(H2,23,24,30). The maximum absolute atomic E-state index is 12.5. The Labute approximate surface area is 189 Å². The first-order chi connectivity index (χ1) is 14.8. The lowest BCUT2D eigenvalue weighted by molar-refractivity contribution is 0.0601. The molecule has 0 saturated heterocycles. The minimum absolute atomic E-state index is 0.188. The minimum Gasteiger partial charge on any atom is -0.465 e. The Morgan fingerprint density at radius 1 is 1.23 bits per heavy atom. The van der Waals surface area contributed by atoms with Crippen molar-refractivity contribution < 1.29 is 14.3 Å². The minimum atomic E-state index is -0.528. The van der Waals surface area contributed by atoms with Crippen molar-refractivity contribution in [2.24, 2.45) is 0 Å². The highest BCUT2D eigenvalue weighted by Gasteiger charge is 2.26. The average Bonchev–Trinajstić information content (AvgIpc) is 3.36. The SMILES string of the molecule is COC(=O)c1c(NC(=S)Nc2ccc(Cn3cccn3)cc2)sc(C(=O)N(C)C)c1C. The van der Waals surface area contributed by atoms with Gasteiger partial charge in [0.2, 0.25) is 0 Å². The molecule has 0 unspecified atom stereocenters. The number of aromatic nitrogens is 2. The lowest BCUT2D eigenvalue weighted by Crippen LogP contribution is -2.21. The van der Waals surface area contributed by atoms with E-state index in [1.807, 2.05) is 41.2 Å². The van der Waals surface area contributed by atoms with Gasteiger partial charge in [-0.05, 0) is 48.5 Å². The van der Waals surface area contributed by atoms with E-state index in [0.717, 1.165) is 11.3 Å². The highest BCUT2D eigenvalue weighted by Crippen LogP contribution is 2.34. The zero-order chi connectivity index (χ0) is 22.5. The third-order valence-corrected chi connectivity index (χ3v) is 5.88. The van der Waals surface area contributed by atoms with E-state index < -0.39 is 5.97 Å². The van der Waals surface area contributed by atoms with Crippen LogP contribution in [0.4, 0.5) is 10.7 Å². The first kappa shape index (κ1) is 22.4. The molecule has 0 saturated carbocycles. The van der Waals surface area contributed by atoms with Gasteiger partial charge in [-0.25, -0.2) is 4.79 Å². The molecule has 0 atom stereocenters. The summed E-state index contributed by atoms with van der Waals surface area (Å²) in [6.07, 6.45) is 3.65. The van der Waals surface area contributed by atoms with E-state index in [2.05, 4.69) is 15.7 Å². The molecular formula is C21H23N5O3S2. The van der Waals surface area contributed by atoms with Gasteiger partial charge in [-0.2, -0.15) is 5.10 Å². The Kier molecular flexibility index (Phi) is 7.03. The third-order valence-electron chi connectivity index (χ3n) is 4.48. The van der Waals surface area contributed by atoms with Crippen LogP contribution >= 0.6 is 23.6 Å². The Morgan fingerprint density at radius 2 is 1.94 bits per heavy atom. The van der Waals surface area contributed by atoms with E-state index in [4.69, 9.17) is 17.0 Å². The highest BCUT2D eigenvalue weighted by molar-refractivity contribution is 7.80. The quantitative estimate of drug-likeness (QED) is 0.432. The predicted octanol–water partition coefficient (Wildman–Crippen LogP) is 3.60. The lowest BCUT2D eigenvalue weighted by atomic mass is 10.1. The van der Waals surface area contributed by atoms with E-state index >= 15 is 0 Å². The van der Waals surface area contributed by atoms with Crippen LogP contribution in [-0.2, 0) is 11.3 Å². The number of carbonyl (C=O) groups excluding carboxylic acids is 2. The summed E-state index contributed by atoms with van der Waals surface area (Å²) in [4.78, 5) is 26.7. The molecule has 0 aliphatic heterocycles. The van der Waals surface area contributed by atoms with E-state index in [1.54, 1.807) is 27.2 Å². The van der Waals surface area contributed by atoms with Crippen LogP contribution < -0.4 is 10.6 Å². The van der Waals surface area contributed by atoms with Crippen molar-refractivity contribution in [1.29, 1.82) is 0 Å². The second-order valence-electron chi connectivity index (χ2n) is 6.93. The van der Waals surface area contributed by atoms with Crippen LogP contribution in [0, 0.1) is 6.92 Å². The molecule has 0 aliphatic carbocycles. The van der Waals surface area contributed by atoms with Crippen molar-refractivity contribution in [3.63, 3.8) is 0 Å². The van der Waals surface area contributed by atoms with Crippen LogP contribution in [0.1, 0.15) is 31.2 Å². The van der Waals surface area contributed by atoms with Crippen LogP contribution in [0.5, 0.6) is 0 Å². The lowest BCUT2D eigenvalue weighted by Gasteiger charge is -2.11. The van der Waals surface area contributed by atoms with E-state index in [9.17, 15) is 9.59 Å². The Hall–Kier alpha value is -3.24. The fraction of sp³-hybridized carbons (Fsp3) is 0.238. The molecule has 0 bridgehead atoms. The van der Waals surface area contributed by atoms with E-state index in [0.29, 0.717) is 32.7 Å².